The number of benzene rings is 1. The molecule has 0 spiro atoms. The van der Waals surface area contributed by atoms with Gasteiger partial charge in [-0.2, -0.15) is 0 Å². The number of rotatable bonds is 3. The van der Waals surface area contributed by atoms with Gasteiger partial charge in [0.25, 0.3) is 5.56 Å². The number of fused-ring (bicyclic) bond motifs is 2. The molecule has 1 N–H and O–H groups in total. The molecule has 1 aromatic carbocycles. The maximum atomic E-state index is 12.4. The topological polar surface area (TPSA) is 71.7 Å². The van der Waals surface area contributed by atoms with Gasteiger partial charge in [-0.15, -0.1) is 0 Å². The minimum atomic E-state index is -1.05. The fourth-order valence-corrected chi connectivity index (χ4v) is 3.02. The van der Waals surface area contributed by atoms with Crippen LogP contribution in [0.3, 0.4) is 0 Å². The van der Waals surface area contributed by atoms with Crippen molar-refractivity contribution >= 4 is 33.2 Å². The van der Waals surface area contributed by atoms with Gasteiger partial charge in [-0.1, -0.05) is 30.7 Å². The molecule has 0 saturated heterocycles. The minimum Gasteiger partial charge on any atom is -0.477 e. The SMILES string of the molecule is CCCc1ccc2nc3sc(C(=O)O)cn3c(=O)c2c1. The molecule has 0 bridgehead atoms. The zero-order valence-electron chi connectivity index (χ0n) is 10.8. The Morgan fingerprint density at radius 1 is 1.45 bits per heavy atom. The van der Waals surface area contributed by atoms with E-state index in [9.17, 15) is 9.59 Å². The monoisotopic (exact) mass is 288 g/mol. The molecule has 0 amide bonds. The van der Waals surface area contributed by atoms with Gasteiger partial charge in [0.1, 0.15) is 4.88 Å². The molecular weight excluding hydrogens is 276 g/mol. The third-order valence-corrected chi connectivity index (χ3v) is 4.10. The van der Waals surface area contributed by atoms with Gasteiger partial charge in [0.15, 0.2) is 4.96 Å². The highest BCUT2D eigenvalue weighted by molar-refractivity contribution is 7.18. The summed E-state index contributed by atoms with van der Waals surface area (Å²) in [4.78, 5) is 28.3. The van der Waals surface area contributed by atoms with Gasteiger partial charge in [0.05, 0.1) is 10.9 Å². The van der Waals surface area contributed by atoms with Gasteiger partial charge < -0.3 is 5.11 Å². The van der Waals surface area contributed by atoms with Crippen molar-refractivity contribution in [1.82, 2.24) is 9.38 Å². The molecule has 3 aromatic rings. The molecule has 0 saturated carbocycles. The van der Waals surface area contributed by atoms with Gasteiger partial charge in [-0.3, -0.25) is 9.20 Å². The lowest BCUT2D eigenvalue weighted by atomic mass is 10.1. The van der Waals surface area contributed by atoms with E-state index >= 15 is 0 Å². The Kier molecular flexibility index (Phi) is 3.02. The summed E-state index contributed by atoms with van der Waals surface area (Å²) in [6, 6.07) is 5.63. The van der Waals surface area contributed by atoms with Crippen LogP contribution in [-0.2, 0) is 6.42 Å². The zero-order chi connectivity index (χ0) is 14.3. The predicted molar refractivity (Wildman–Crippen MR) is 77.8 cm³/mol. The molecule has 0 unspecified atom stereocenters. The van der Waals surface area contributed by atoms with Crippen LogP contribution in [0.1, 0.15) is 28.6 Å². The Morgan fingerprint density at radius 3 is 2.95 bits per heavy atom. The molecule has 0 aliphatic heterocycles. The van der Waals surface area contributed by atoms with E-state index in [1.165, 1.54) is 10.6 Å². The van der Waals surface area contributed by atoms with Crippen molar-refractivity contribution in [3.05, 3.63) is 45.2 Å². The Labute approximate surface area is 118 Å². The van der Waals surface area contributed by atoms with E-state index in [2.05, 4.69) is 11.9 Å². The number of aromatic nitrogens is 2. The summed E-state index contributed by atoms with van der Waals surface area (Å²) in [7, 11) is 0. The van der Waals surface area contributed by atoms with Crippen molar-refractivity contribution in [2.24, 2.45) is 0 Å². The van der Waals surface area contributed by atoms with Gasteiger partial charge in [0, 0.05) is 6.20 Å². The van der Waals surface area contributed by atoms with Crippen LogP contribution >= 0.6 is 11.3 Å². The largest absolute Gasteiger partial charge is 0.477 e. The molecule has 20 heavy (non-hydrogen) atoms. The van der Waals surface area contributed by atoms with E-state index in [4.69, 9.17) is 5.11 Å². The van der Waals surface area contributed by atoms with Gasteiger partial charge >= 0.3 is 5.97 Å². The summed E-state index contributed by atoms with van der Waals surface area (Å²) in [5, 5.41) is 9.53. The molecule has 2 heterocycles. The van der Waals surface area contributed by atoms with Crippen LogP contribution in [-0.4, -0.2) is 20.5 Å². The lowest BCUT2D eigenvalue weighted by molar-refractivity contribution is 0.0702. The van der Waals surface area contributed by atoms with Gasteiger partial charge in [-0.25, -0.2) is 9.78 Å². The Balaban J connectivity index is 2.33. The molecule has 102 valence electrons. The first-order valence-corrected chi connectivity index (χ1v) is 7.10. The number of carbonyl (C=O) groups is 1. The summed E-state index contributed by atoms with van der Waals surface area (Å²) in [6.07, 6.45) is 3.25. The molecule has 6 heteroatoms. The average molecular weight is 288 g/mol. The Hall–Kier alpha value is -2.21. The summed E-state index contributed by atoms with van der Waals surface area (Å²) in [5.41, 5.74) is 1.48. The van der Waals surface area contributed by atoms with E-state index in [1.807, 2.05) is 18.2 Å². The highest BCUT2D eigenvalue weighted by Gasteiger charge is 2.13. The molecule has 0 aliphatic carbocycles. The summed E-state index contributed by atoms with van der Waals surface area (Å²) >= 11 is 1.00. The number of nitrogens with zero attached hydrogens (tertiary/aromatic N) is 2. The van der Waals surface area contributed by atoms with Crippen molar-refractivity contribution in [2.45, 2.75) is 19.8 Å². The summed E-state index contributed by atoms with van der Waals surface area (Å²) in [6.45, 7) is 2.08. The first-order chi connectivity index (χ1) is 9.60. The first kappa shape index (κ1) is 12.8. The van der Waals surface area contributed by atoms with Crippen molar-refractivity contribution in [3.63, 3.8) is 0 Å². The highest BCUT2D eigenvalue weighted by atomic mass is 32.1. The molecule has 0 aliphatic rings. The second-order valence-corrected chi connectivity index (χ2v) is 5.58. The third-order valence-electron chi connectivity index (χ3n) is 3.13. The maximum absolute atomic E-state index is 12.4. The summed E-state index contributed by atoms with van der Waals surface area (Å²) in [5.74, 6) is -1.05. The first-order valence-electron chi connectivity index (χ1n) is 6.28. The zero-order valence-corrected chi connectivity index (χ0v) is 11.6. The number of aryl methyl sites for hydroxylation is 1. The number of hydrogen-bond donors (Lipinski definition) is 1. The molecule has 2 aromatic heterocycles. The van der Waals surface area contributed by atoms with Crippen molar-refractivity contribution in [3.8, 4) is 0 Å². The molecule has 0 radical (unpaired) electrons. The van der Waals surface area contributed by atoms with Crippen molar-refractivity contribution in [2.75, 3.05) is 0 Å². The Morgan fingerprint density at radius 2 is 2.25 bits per heavy atom. The lowest BCUT2D eigenvalue weighted by Gasteiger charge is -2.02. The van der Waals surface area contributed by atoms with E-state index in [0.717, 1.165) is 29.7 Å². The maximum Gasteiger partial charge on any atom is 0.347 e. The number of carboxylic acid groups (broad SMARTS) is 1. The molecule has 5 nitrogen and oxygen atoms in total. The number of thiazole rings is 1. The number of carboxylic acids is 1. The Bertz CT molecular complexity index is 879. The predicted octanol–water partition coefficient (Wildman–Crippen LogP) is 2.56. The normalized spacial score (nSPS) is 11.2. The molecule has 3 rings (SSSR count). The van der Waals surface area contributed by atoms with Gasteiger partial charge in [0.2, 0.25) is 0 Å². The van der Waals surface area contributed by atoms with Crippen LogP contribution < -0.4 is 5.56 Å². The van der Waals surface area contributed by atoms with Crippen LogP contribution in [0.5, 0.6) is 0 Å². The smallest absolute Gasteiger partial charge is 0.347 e. The number of aromatic carboxylic acids is 1. The molecular formula is C14H12N2O3S. The third kappa shape index (κ3) is 1.98. The fraction of sp³-hybridized carbons (Fsp3) is 0.214. The number of hydrogen-bond acceptors (Lipinski definition) is 4. The van der Waals surface area contributed by atoms with Crippen LogP contribution in [0.15, 0.2) is 29.2 Å². The standard InChI is InChI=1S/C14H12N2O3S/c1-2-3-8-4-5-10-9(6-8)12(17)16-7-11(13(18)19)20-14(16)15-10/h4-7H,2-3H2,1H3,(H,18,19). The highest BCUT2D eigenvalue weighted by Crippen LogP contribution is 2.18. The van der Waals surface area contributed by atoms with Crippen molar-refractivity contribution in [1.29, 1.82) is 0 Å². The second kappa shape index (κ2) is 4.72. The minimum absolute atomic E-state index is 0.110. The summed E-state index contributed by atoms with van der Waals surface area (Å²) < 4.78 is 1.31. The van der Waals surface area contributed by atoms with Crippen LogP contribution in [0.4, 0.5) is 0 Å². The molecule has 0 fully saturated rings. The molecule has 0 atom stereocenters. The van der Waals surface area contributed by atoms with Gasteiger partial charge in [-0.05, 0) is 24.1 Å². The van der Waals surface area contributed by atoms with E-state index in [-0.39, 0.29) is 10.4 Å². The fourth-order valence-electron chi connectivity index (χ4n) is 2.20. The van der Waals surface area contributed by atoms with E-state index in [0.29, 0.717) is 15.9 Å². The van der Waals surface area contributed by atoms with E-state index in [1.54, 1.807) is 0 Å². The average Bonchev–Trinajstić information content (AvgIpc) is 2.84. The van der Waals surface area contributed by atoms with Crippen LogP contribution in [0, 0.1) is 0 Å². The second-order valence-electron chi connectivity index (χ2n) is 4.57. The lowest BCUT2D eigenvalue weighted by Crippen LogP contribution is -2.13. The van der Waals surface area contributed by atoms with Crippen molar-refractivity contribution < 1.29 is 9.90 Å². The quantitative estimate of drug-likeness (QED) is 0.804. The van der Waals surface area contributed by atoms with E-state index < -0.39 is 5.97 Å². The van der Waals surface area contributed by atoms with Crippen LogP contribution in [0.25, 0.3) is 15.9 Å². The van der Waals surface area contributed by atoms with Crippen LogP contribution in [0.2, 0.25) is 0 Å².